The van der Waals surface area contributed by atoms with Crippen LogP contribution in [0.5, 0.6) is 0 Å². The molecule has 0 saturated carbocycles. The molecule has 3 rings (SSSR count). The maximum Gasteiger partial charge on any atom is 0.191 e. The third-order valence-corrected chi connectivity index (χ3v) is 7.79. The van der Waals surface area contributed by atoms with E-state index in [4.69, 9.17) is 9.73 Å². The summed E-state index contributed by atoms with van der Waals surface area (Å²) in [5, 5.41) is 7.76. The Labute approximate surface area is 178 Å². The van der Waals surface area contributed by atoms with Crippen LogP contribution in [-0.2, 0) is 4.74 Å². The first-order chi connectivity index (χ1) is 11.8. The highest BCUT2D eigenvalue weighted by Gasteiger charge is 2.40. The average Bonchev–Trinajstić information content (AvgIpc) is 3.31. The molecule has 0 amide bonds. The Morgan fingerprint density at radius 1 is 1.28 bits per heavy atom. The van der Waals surface area contributed by atoms with Crippen molar-refractivity contribution in [2.45, 2.75) is 37.0 Å². The molecule has 3 saturated heterocycles. The molecular formula is C17H33IN4OS2. The number of morpholine rings is 1. The Hall–Kier alpha value is 0.620. The Bertz CT molecular complexity index is 409. The van der Waals surface area contributed by atoms with Crippen LogP contribution < -0.4 is 10.6 Å². The fourth-order valence-corrected chi connectivity index (χ4v) is 6.36. The van der Waals surface area contributed by atoms with Gasteiger partial charge < -0.3 is 15.4 Å². The first-order valence-electron chi connectivity index (χ1n) is 9.37. The Kier molecular flexibility index (Phi) is 10.0. The van der Waals surface area contributed by atoms with Gasteiger partial charge in [0.1, 0.15) is 0 Å². The molecule has 8 heteroatoms. The second kappa shape index (κ2) is 11.5. The SMILES string of the molecule is CCNC(=NCC1(N2CCOCC2)CCSC1)NCC1CCCS1.I. The minimum Gasteiger partial charge on any atom is -0.379 e. The summed E-state index contributed by atoms with van der Waals surface area (Å²) < 4.78 is 5.55. The zero-order chi connectivity index (χ0) is 16.7. The van der Waals surface area contributed by atoms with E-state index in [9.17, 15) is 0 Å². The maximum atomic E-state index is 5.55. The minimum absolute atomic E-state index is 0. The van der Waals surface area contributed by atoms with Gasteiger partial charge in [-0.05, 0) is 37.7 Å². The number of aliphatic imine (C=N–C) groups is 1. The number of hydrogen-bond acceptors (Lipinski definition) is 5. The van der Waals surface area contributed by atoms with Crippen molar-refractivity contribution in [3.05, 3.63) is 0 Å². The van der Waals surface area contributed by atoms with Crippen molar-refractivity contribution < 1.29 is 4.74 Å². The Morgan fingerprint density at radius 3 is 2.76 bits per heavy atom. The van der Waals surface area contributed by atoms with Crippen LogP contribution in [0, 0.1) is 0 Å². The fraction of sp³-hybridized carbons (Fsp3) is 0.941. The van der Waals surface area contributed by atoms with Gasteiger partial charge in [-0.25, -0.2) is 0 Å². The molecule has 3 heterocycles. The second-order valence-electron chi connectivity index (χ2n) is 6.84. The molecule has 3 fully saturated rings. The van der Waals surface area contributed by atoms with Crippen LogP contribution >= 0.6 is 47.5 Å². The van der Waals surface area contributed by atoms with Crippen molar-refractivity contribution >= 4 is 53.5 Å². The summed E-state index contributed by atoms with van der Waals surface area (Å²) in [5.74, 6) is 4.77. The van der Waals surface area contributed by atoms with Crippen molar-refractivity contribution in [3.63, 3.8) is 0 Å². The molecule has 0 aromatic carbocycles. The molecule has 146 valence electrons. The summed E-state index contributed by atoms with van der Waals surface area (Å²) >= 11 is 4.17. The summed E-state index contributed by atoms with van der Waals surface area (Å²) in [4.78, 5) is 7.63. The maximum absolute atomic E-state index is 5.55. The quantitative estimate of drug-likeness (QED) is 0.332. The van der Waals surface area contributed by atoms with Crippen molar-refractivity contribution in [3.8, 4) is 0 Å². The number of ether oxygens (including phenoxy) is 1. The van der Waals surface area contributed by atoms with E-state index in [0.29, 0.717) is 0 Å². The van der Waals surface area contributed by atoms with E-state index >= 15 is 0 Å². The standard InChI is InChI=1S/C17H32N4OS2.HI/c1-2-18-16(19-12-15-4-3-10-24-15)20-13-17(5-11-23-14-17)21-6-8-22-9-7-21;/h15H,2-14H2,1H3,(H2,18,19,20);1H. The van der Waals surface area contributed by atoms with Crippen LogP contribution in [-0.4, -0.2) is 84.8 Å². The zero-order valence-corrected chi connectivity index (χ0v) is 19.3. The van der Waals surface area contributed by atoms with Crippen LogP contribution in [0.2, 0.25) is 0 Å². The molecule has 3 aliphatic rings. The summed E-state index contributed by atoms with van der Waals surface area (Å²) in [5.41, 5.74) is 0.235. The number of guanidine groups is 1. The molecular weight excluding hydrogens is 467 g/mol. The molecule has 2 atom stereocenters. The predicted octanol–water partition coefficient (Wildman–Crippen LogP) is 2.26. The highest BCUT2D eigenvalue weighted by Crippen LogP contribution is 2.34. The van der Waals surface area contributed by atoms with Gasteiger partial charge in [0.15, 0.2) is 5.96 Å². The van der Waals surface area contributed by atoms with Crippen LogP contribution in [0.1, 0.15) is 26.2 Å². The number of rotatable bonds is 6. The zero-order valence-electron chi connectivity index (χ0n) is 15.3. The predicted molar refractivity (Wildman–Crippen MR) is 122 cm³/mol. The van der Waals surface area contributed by atoms with Gasteiger partial charge in [-0.15, -0.1) is 24.0 Å². The van der Waals surface area contributed by atoms with Crippen LogP contribution in [0.15, 0.2) is 4.99 Å². The molecule has 2 N–H and O–H groups in total. The molecule has 0 bridgehead atoms. The molecule has 0 radical (unpaired) electrons. The molecule has 0 aliphatic carbocycles. The summed E-state index contributed by atoms with van der Waals surface area (Å²) in [6.07, 6.45) is 3.95. The van der Waals surface area contributed by atoms with Gasteiger partial charge in [-0.3, -0.25) is 9.89 Å². The molecule has 2 unspecified atom stereocenters. The van der Waals surface area contributed by atoms with E-state index in [1.807, 2.05) is 0 Å². The summed E-state index contributed by atoms with van der Waals surface area (Å²) in [7, 11) is 0. The van der Waals surface area contributed by atoms with E-state index in [2.05, 4.69) is 46.0 Å². The molecule has 0 aromatic heterocycles. The highest BCUT2D eigenvalue weighted by molar-refractivity contribution is 14.0. The fourth-order valence-electron chi connectivity index (χ4n) is 3.69. The lowest BCUT2D eigenvalue weighted by Gasteiger charge is -2.42. The van der Waals surface area contributed by atoms with Crippen LogP contribution in [0.25, 0.3) is 0 Å². The molecule has 0 aromatic rings. The van der Waals surface area contributed by atoms with Crippen LogP contribution in [0.3, 0.4) is 0 Å². The third kappa shape index (κ3) is 6.33. The van der Waals surface area contributed by atoms with Gasteiger partial charge in [0.05, 0.1) is 25.3 Å². The first-order valence-corrected chi connectivity index (χ1v) is 11.6. The van der Waals surface area contributed by atoms with Crippen molar-refractivity contribution in [1.82, 2.24) is 15.5 Å². The Balaban J connectivity index is 0.00000225. The summed E-state index contributed by atoms with van der Waals surface area (Å²) in [6, 6.07) is 0. The smallest absolute Gasteiger partial charge is 0.191 e. The third-order valence-electron chi connectivity index (χ3n) is 5.16. The molecule has 3 aliphatic heterocycles. The molecule has 5 nitrogen and oxygen atoms in total. The number of thioether (sulfide) groups is 2. The van der Waals surface area contributed by atoms with Crippen LogP contribution in [0.4, 0.5) is 0 Å². The second-order valence-corrected chi connectivity index (χ2v) is 9.35. The average molecular weight is 501 g/mol. The normalized spacial score (nSPS) is 30.9. The van der Waals surface area contributed by atoms with Crippen molar-refractivity contribution in [1.29, 1.82) is 0 Å². The highest BCUT2D eigenvalue weighted by atomic mass is 127. The number of nitrogens with zero attached hydrogens (tertiary/aromatic N) is 2. The lowest BCUT2D eigenvalue weighted by Crippen LogP contribution is -2.56. The van der Waals surface area contributed by atoms with E-state index in [1.165, 1.54) is 36.5 Å². The van der Waals surface area contributed by atoms with Gasteiger partial charge in [-0.1, -0.05) is 0 Å². The van der Waals surface area contributed by atoms with E-state index in [-0.39, 0.29) is 29.5 Å². The number of hydrogen-bond donors (Lipinski definition) is 2. The van der Waals surface area contributed by atoms with Gasteiger partial charge in [-0.2, -0.15) is 23.5 Å². The van der Waals surface area contributed by atoms with Crippen molar-refractivity contribution in [2.24, 2.45) is 4.99 Å². The topological polar surface area (TPSA) is 48.9 Å². The van der Waals surface area contributed by atoms with Gasteiger partial charge in [0, 0.05) is 37.2 Å². The lowest BCUT2D eigenvalue weighted by molar-refractivity contribution is -0.0104. The van der Waals surface area contributed by atoms with E-state index in [1.54, 1.807) is 0 Å². The summed E-state index contributed by atoms with van der Waals surface area (Å²) in [6.45, 7) is 8.84. The number of nitrogens with one attached hydrogen (secondary N) is 2. The minimum atomic E-state index is 0. The van der Waals surface area contributed by atoms with E-state index < -0.39 is 0 Å². The largest absolute Gasteiger partial charge is 0.379 e. The van der Waals surface area contributed by atoms with E-state index in [0.717, 1.165) is 57.1 Å². The molecule has 25 heavy (non-hydrogen) atoms. The molecule has 0 spiro atoms. The van der Waals surface area contributed by atoms with Gasteiger partial charge in [0.25, 0.3) is 0 Å². The van der Waals surface area contributed by atoms with Gasteiger partial charge >= 0.3 is 0 Å². The van der Waals surface area contributed by atoms with Gasteiger partial charge in [0.2, 0.25) is 0 Å². The Morgan fingerprint density at radius 2 is 2.12 bits per heavy atom. The monoisotopic (exact) mass is 500 g/mol. The van der Waals surface area contributed by atoms with Crippen molar-refractivity contribution in [2.75, 3.05) is 63.2 Å². The first kappa shape index (κ1) is 21.9. The lowest BCUT2D eigenvalue weighted by atomic mass is 9.96. The number of halogens is 1.